The molecule has 3 atom stereocenters. The Morgan fingerprint density at radius 2 is 2.12 bits per heavy atom. The molecule has 2 aliphatic carbocycles. The van der Waals surface area contributed by atoms with Gasteiger partial charge in [-0.1, -0.05) is 20.3 Å². The van der Waals surface area contributed by atoms with Crippen molar-refractivity contribution in [2.24, 2.45) is 11.8 Å². The second kappa shape index (κ2) is 4.36. The zero-order valence-electron chi connectivity index (χ0n) is 10.8. The number of hydrogen-bond donors (Lipinski definition) is 1. The summed E-state index contributed by atoms with van der Waals surface area (Å²) in [7, 11) is 0. The Balaban J connectivity index is 1.93. The first-order valence-electron chi connectivity index (χ1n) is 6.88. The second-order valence-electron chi connectivity index (χ2n) is 6.01. The molecule has 1 N–H and O–H groups in total. The molecule has 17 heavy (non-hydrogen) atoms. The summed E-state index contributed by atoms with van der Waals surface area (Å²) in [4.78, 5) is 4.63. The lowest BCUT2D eigenvalue weighted by atomic mass is 9.70. The van der Waals surface area contributed by atoms with E-state index in [1.165, 1.54) is 37.1 Å². The fourth-order valence-electron chi connectivity index (χ4n) is 3.23. The van der Waals surface area contributed by atoms with Crippen LogP contribution in [0.3, 0.4) is 0 Å². The number of hydrogen-bond acceptors (Lipinski definition) is 3. The zero-order valence-corrected chi connectivity index (χ0v) is 11.6. The van der Waals surface area contributed by atoms with Crippen LogP contribution in [-0.2, 0) is 5.54 Å². The van der Waals surface area contributed by atoms with Gasteiger partial charge >= 0.3 is 0 Å². The molecule has 0 bridgehead atoms. The summed E-state index contributed by atoms with van der Waals surface area (Å²) in [5.41, 5.74) is 0.174. The highest BCUT2D eigenvalue weighted by Crippen LogP contribution is 2.46. The lowest BCUT2D eigenvalue weighted by Crippen LogP contribution is -2.51. The maximum Gasteiger partial charge on any atom is 0.113 e. The van der Waals surface area contributed by atoms with E-state index in [1.54, 1.807) is 0 Å². The predicted molar refractivity (Wildman–Crippen MR) is 72.1 cm³/mol. The third kappa shape index (κ3) is 2.15. The summed E-state index contributed by atoms with van der Waals surface area (Å²) >= 11 is 1.83. The summed E-state index contributed by atoms with van der Waals surface area (Å²) in [6, 6.07) is 0.756. The predicted octanol–water partition coefficient (Wildman–Crippen LogP) is 3.55. The van der Waals surface area contributed by atoms with Gasteiger partial charge < -0.3 is 5.32 Å². The summed E-state index contributed by atoms with van der Waals surface area (Å²) < 4.78 is 0. The maximum atomic E-state index is 4.63. The van der Waals surface area contributed by atoms with Crippen molar-refractivity contribution in [1.29, 1.82) is 0 Å². The minimum Gasteiger partial charge on any atom is -0.302 e. The van der Waals surface area contributed by atoms with Gasteiger partial charge in [-0.3, -0.25) is 0 Å². The molecule has 2 fully saturated rings. The Labute approximate surface area is 108 Å². The van der Waals surface area contributed by atoms with Crippen molar-refractivity contribution in [3.63, 3.8) is 0 Å². The quantitative estimate of drug-likeness (QED) is 0.887. The molecule has 1 aromatic heterocycles. The fraction of sp³-hybridized carbons (Fsp3) is 0.786. The number of rotatable bonds is 3. The smallest absolute Gasteiger partial charge is 0.113 e. The summed E-state index contributed by atoms with van der Waals surface area (Å²) in [6.45, 7) is 4.80. The maximum absolute atomic E-state index is 4.63. The third-order valence-electron chi connectivity index (χ3n) is 4.46. The van der Waals surface area contributed by atoms with Crippen LogP contribution in [0.25, 0.3) is 0 Å². The summed E-state index contributed by atoms with van der Waals surface area (Å²) in [5, 5.41) is 7.38. The van der Waals surface area contributed by atoms with E-state index in [0.29, 0.717) is 5.92 Å². The number of nitrogens with one attached hydrogen (secondary N) is 1. The van der Waals surface area contributed by atoms with E-state index < -0.39 is 0 Å². The van der Waals surface area contributed by atoms with Crippen molar-refractivity contribution in [2.45, 2.75) is 57.5 Å². The van der Waals surface area contributed by atoms with Crippen LogP contribution in [0.15, 0.2) is 11.6 Å². The molecule has 0 radical (unpaired) electrons. The standard InChI is InChI=1S/C14H22N2S/c1-10-3-4-11(2)14(9-10,16-12-5-6-12)13-15-7-8-17-13/h7-8,10-12,16H,3-6,9H2,1-2H3. The SMILES string of the molecule is CC1CCC(C)C(NC2CC2)(c2nccs2)C1. The van der Waals surface area contributed by atoms with Crippen molar-refractivity contribution in [3.05, 3.63) is 16.6 Å². The van der Waals surface area contributed by atoms with Crippen LogP contribution in [0.1, 0.15) is 51.0 Å². The Morgan fingerprint density at radius 3 is 2.76 bits per heavy atom. The molecule has 3 rings (SSSR count). The molecule has 2 aliphatic rings. The highest BCUT2D eigenvalue weighted by atomic mass is 32.1. The topological polar surface area (TPSA) is 24.9 Å². The van der Waals surface area contributed by atoms with Crippen LogP contribution >= 0.6 is 11.3 Å². The number of aromatic nitrogens is 1. The largest absolute Gasteiger partial charge is 0.302 e. The molecule has 1 aromatic rings. The second-order valence-corrected chi connectivity index (χ2v) is 6.91. The normalized spacial score (nSPS) is 38.2. The molecule has 0 spiro atoms. The number of nitrogens with zero attached hydrogens (tertiary/aromatic N) is 1. The number of thiazole rings is 1. The van der Waals surface area contributed by atoms with E-state index in [2.05, 4.69) is 29.5 Å². The molecular weight excluding hydrogens is 228 g/mol. The van der Waals surface area contributed by atoms with E-state index in [-0.39, 0.29) is 5.54 Å². The molecule has 94 valence electrons. The fourth-order valence-corrected chi connectivity index (χ4v) is 4.16. The molecule has 0 saturated heterocycles. The van der Waals surface area contributed by atoms with Crippen LogP contribution < -0.4 is 5.32 Å². The van der Waals surface area contributed by atoms with Gasteiger partial charge in [-0.2, -0.15) is 0 Å². The van der Waals surface area contributed by atoms with Crippen molar-refractivity contribution < 1.29 is 0 Å². The molecule has 0 aliphatic heterocycles. The van der Waals surface area contributed by atoms with Crippen molar-refractivity contribution >= 4 is 11.3 Å². The van der Waals surface area contributed by atoms with Gasteiger partial charge in [0, 0.05) is 17.6 Å². The van der Waals surface area contributed by atoms with Gasteiger partial charge in [0.05, 0.1) is 5.54 Å². The average Bonchev–Trinajstić information content (AvgIpc) is 2.95. The molecular formula is C14H22N2S. The zero-order chi connectivity index (χ0) is 11.9. The van der Waals surface area contributed by atoms with Gasteiger partial charge in [0.1, 0.15) is 5.01 Å². The van der Waals surface area contributed by atoms with Gasteiger partial charge in [-0.05, 0) is 37.5 Å². The summed E-state index contributed by atoms with van der Waals surface area (Å²) in [6.07, 6.45) is 8.64. The van der Waals surface area contributed by atoms with Crippen molar-refractivity contribution in [2.75, 3.05) is 0 Å². The lowest BCUT2D eigenvalue weighted by molar-refractivity contribution is 0.116. The van der Waals surface area contributed by atoms with Crippen molar-refractivity contribution in [3.8, 4) is 0 Å². The third-order valence-corrected chi connectivity index (χ3v) is 5.41. The first kappa shape index (κ1) is 11.7. The summed E-state index contributed by atoms with van der Waals surface area (Å²) in [5.74, 6) is 1.53. The van der Waals surface area contributed by atoms with Gasteiger partial charge in [-0.25, -0.2) is 4.98 Å². The lowest BCUT2D eigenvalue weighted by Gasteiger charge is -2.44. The monoisotopic (exact) mass is 250 g/mol. The van der Waals surface area contributed by atoms with E-state index >= 15 is 0 Å². The van der Waals surface area contributed by atoms with Gasteiger partial charge in [-0.15, -0.1) is 11.3 Å². The first-order chi connectivity index (χ1) is 8.21. The molecule has 0 aromatic carbocycles. The molecule has 2 nitrogen and oxygen atoms in total. The molecule has 1 heterocycles. The highest BCUT2D eigenvalue weighted by molar-refractivity contribution is 7.09. The van der Waals surface area contributed by atoms with E-state index in [1.807, 2.05) is 17.5 Å². The van der Waals surface area contributed by atoms with E-state index in [4.69, 9.17) is 0 Å². The van der Waals surface area contributed by atoms with Gasteiger partial charge in [0.25, 0.3) is 0 Å². The van der Waals surface area contributed by atoms with Crippen LogP contribution in [0.5, 0.6) is 0 Å². The minimum atomic E-state index is 0.174. The van der Waals surface area contributed by atoms with Crippen LogP contribution in [0.4, 0.5) is 0 Å². The van der Waals surface area contributed by atoms with Crippen molar-refractivity contribution in [1.82, 2.24) is 10.3 Å². The van der Waals surface area contributed by atoms with E-state index in [9.17, 15) is 0 Å². The Kier molecular flexibility index (Phi) is 2.99. The van der Waals surface area contributed by atoms with Gasteiger partial charge in [0.15, 0.2) is 0 Å². The average molecular weight is 250 g/mol. The molecule has 0 amide bonds. The van der Waals surface area contributed by atoms with Gasteiger partial charge in [0.2, 0.25) is 0 Å². The molecule has 3 unspecified atom stereocenters. The molecule has 3 heteroatoms. The van der Waals surface area contributed by atoms with Crippen LogP contribution in [-0.4, -0.2) is 11.0 Å². The first-order valence-corrected chi connectivity index (χ1v) is 7.76. The van der Waals surface area contributed by atoms with Crippen LogP contribution in [0, 0.1) is 11.8 Å². The Bertz CT molecular complexity index is 368. The minimum absolute atomic E-state index is 0.174. The van der Waals surface area contributed by atoms with E-state index in [0.717, 1.165) is 12.0 Å². The Morgan fingerprint density at radius 1 is 1.29 bits per heavy atom. The highest BCUT2D eigenvalue weighted by Gasteiger charge is 2.46. The Hall–Kier alpha value is -0.410. The van der Waals surface area contributed by atoms with Crippen LogP contribution in [0.2, 0.25) is 0 Å². The molecule has 2 saturated carbocycles.